The molecule has 1 aromatic heterocycles. The van der Waals surface area contributed by atoms with Crippen molar-refractivity contribution in [1.82, 2.24) is 10.3 Å². The molecule has 3 heteroatoms. The predicted molar refractivity (Wildman–Crippen MR) is 54.5 cm³/mol. The molecule has 1 saturated heterocycles. The molecular formula is C11H14N2O. The Bertz CT molecular complexity index is 410. The van der Waals surface area contributed by atoms with Crippen LogP contribution < -0.4 is 10.9 Å². The number of hydrogen-bond donors (Lipinski definition) is 2. The Hall–Kier alpha value is -1.09. The molecule has 0 amide bonds. The minimum absolute atomic E-state index is 0.124. The van der Waals surface area contributed by atoms with E-state index in [4.69, 9.17) is 0 Å². The van der Waals surface area contributed by atoms with E-state index in [1.54, 1.807) is 6.20 Å². The molecule has 0 radical (unpaired) electrons. The van der Waals surface area contributed by atoms with E-state index in [2.05, 4.69) is 16.4 Å². The minimum Gasteiger partial charge on any atom is -0.329 e. The number of piperidine rings is 1. The lowest BCUT2D eigenvalue weighted by Gasteiger charge is -2.36. The fourth-order valence-electron chi connectivity index (χ4n) is 2.83. The van der Waals surface area contributed by atoms with Gasteiger partial charge in [-0.1, -0.05) is 0 Å². The van der Waals surface area contributed by atoms with Crippen LogP contribution in [-0.2, 0) is 6.42 Å². The van der Waals surface area contributed by atoms with Crippen molar-refractivity contribution in [2.45, 2.75) is 18.8 Å². The lowest BCUT2D eigenvalue weighted by molar-refractivity contribution is 0.316. The zero-order valence-electron chi connectivity index (χ0n) is 8.05. The number of pyridine rings is 1. The first-order valence-corrected chi connectivity index (χ1v) is 5.26. The quantitative estimate of drug-likeness (QED) is 0.630. The fourth-order valence-corrected chi connectivity index (χ4v) is 2.83. The van der Waals surface area contributed by atoms with Gasteiger partial charge in [-0.05, 0) is 42.9 Å². The van der Waals surface area contributed by atoms with Crippen molar-refractivity contribution in [3.05, 3.63) is 33.7 Å². The van der Waals surface area contributed by atoms with E-state index < -0.39 is 0 Å². The lowest BCUT2D eigenvalue weighted by atomic mass is 9.75. The molecule has 1 aromatic rings. The molecule has 2 bridgehead atoms. The van der Waals surface area contributed by atoms with Crippen LogP contribution in [0.4, 0.5) is 0 Å². The molecule has 1 aliphatic carbocycles. The molecule has 1 aliphatic heterocycles. The Labute approximate surface area is 82.5 Å². The van der Waals surface area contributed by atoms with Gasteiger partial charge >= 0.3 is 0 Å². The van der Waals surface area contributed by atoms with Crippen molar-refractivity contribution in [3.63, 3.8) is 0 Å². The van der Waals surface area contributed by atoms with Gasteiger partial charge in [-0.3, -0.25) is 4.79 Å². The summed E-state index contributed by atoms with van der Waals surface area (Å²) < 4.78 is 0. The molecule has 0 aromatic carbocycles. The van der Waals surface area contributed by atoms with Gasteiger partial charge in [0.15, 0.2) is 0 Å². The van der Waals surface area contributed by atoms with E-state index in [1.165, 1.54) is 12.0 Å². The summed E-state index contributed by atoms with van der Waals surface area (Å²) in [4.78, 5) is 14.4. The standard InChI is InChI=1S/C11H14N2O/c14-11-10-4-7-3-8(6-12-5-7)9(10)1-2-13-11/h1-2,7-8,12H,3-6H2,(H,13,14)/t7-,8?/m0/s1. The third-order valence-corrected chi connectivity index (χ3v) is 3.47. The van der Waals surface area contributed by atoms with Crippen LogP contribution in [0.25, 0.3) is 0 Å². The normalized spacial score (nSPS) is 29.7. The summed E-state index contributed by atoms with van der Waals surface area (Å²) in [7, 11) is 0. The second-order valence-corrected chi connectivity index (χ2v) is 4.40. The fraction of sp³-hybridized carbons (Fsp3) is 0.545. The van der Waals surface area contributed by atoms with Crippen LogP contribution in [0.15, 0.2) is 17.1 Å². The Kier molecular flexibility index (Phi) is 1.74. The predicted octanol–water partition coefficient (Wildman–Crippen LogP) is 0.624. The molecule has 0 saturated carbocycles. The maximum Gasteiger partial charge on any atom is 0.251 e. The largest absolute Gasteiger partial charge is 0.329 e. The van der Waals surface area contributed by atoms with Crippen LogP contribution in [0.5, 0.6) is 0 Å². The van der Waals surface area contributed by atoms with Crippen molar-refractivity contribution in [2.75, 3.05) is 13.1 Å². The summed E-state index contributed by atoms with van der Waals surface area (Å²) in [5, 5.41) is 3.43. The number of rotatable bonds is 0. The average Bonchev–Trinajstić information content (AvgIpc) is 2.20. The number of fused-ring (bicyclic) bond motifs is 4. The SMILES string of the molecule is O=c1[nH]ccc2c1C[C@H]1CNCC2C1. The van der Waals surface area contributed by atoms with Crippen LogP contribution in [0.3, 0.4) is 0 Å². The van der Waals surface area contributed by atoms with E-state index in [-0.39, 0.29) is 5.56 Å². The molecule has 1 unspecified atom stereocenters. The Morgan fingerprint density at radius 1 is 1.36 bits per heavy atom. The Balaban J connectivity index is 2.15. The van der Waals surface area contributed by atoms with Gasteiger partial charge in [-0.2, -0.15) is 0 Å². The van der Waals surface area contributed by atoms with Crippen molar-refractivity contribution >= 4 is 0 Å². The first-order chi connectivity index (χ1) is 6.84. The number of aromatic nitrogens is 1. The molecule has 3 rings (SSSR count). The van der Waals surface area contributed by atoms with Crippen LogP contribution in [0.1, 0.15) is 23.5 Å². The molecule has 2 N–H and O–H groups in total. The van der Waals surface area contributed by atoms with Gasteiger partial charge in [0.1, 0.15) is 0 Å². The Morgan fingerprint density at radius 3 is 3.21 bits per heavy atom. The smallest absolute Gasteiger partial charge is 0.251 e. The number of aromatic amines is 1. The minimum atomic E-state index is 0.124. The average molecular weight is 190 g/mol. The summed E-state index contributed by atoms with van der Waals surface area (Å²) in [6.07, 6.45) is 3.98. The topological polar surface area (TPSA) is 44.9 Å². The van der Waals surface area contributed by atoms with Crippen molar-refractivity contribution in [2.24, 2.45) is 5.92 Å². The van der Waals surface area contributed by atoms with E-state index in [0.717, 1.165) is 25.1 Å². The maximum atomic E-state index is 11.6. The van der Waals surface area contributed by atoms with E-state index in [9.17, 15) is 4.79 Å². The molecule has 2 heterocycles. The number of nitrogens with one attached hydrogen (secondary N) is 2. The first-order valence-electron chi connectivity index (χ1n) is 5.26. The second-order valence-electron chi connectivity index (χ2n) is 4.40. The van der Waals surface area contributed by atoms with E-state index >= 15 is 0 Å². The van der Waals surface area contributed by atoms with E-state index in [0.29, 0.717) is 11.8 Å². The van der Waals surface area contributed by atoms with Crippen LogP contribution in [0.2, 0.25) is 0 Å². The highest BCUT2D eigenvalue weighted by Gasteiger charge is 2.31. The summed E-state index contributed by atoms with van der Waals surface area (Å²) in [5.41, 5.74) is 2.44. The zero-order chi connectivity index (χ0) is 9.54. The zero-order valence-corrected chi connectivity index (χ0v) is 8.05. The molecule has 2 atom stereocenters. The number of H-pyrrole nitrogens is 1. The van der Waals surface area contributed by atoms with Gasteiger partial charge in [-0.15, -0.1) is 0 Å². The summed E-state index contributed by atoms with van der Waals surface area (Å²) in [6.45, 7) is 2.11. The summed E-state index contributed by atoms with van der Waals surface area (Å²) >= 11 is 0. The van der Waals surface area contributed by atoms with Gasteiger partial charge in [0.2, 0.25) is 0 Å². The third-order valence-electron chi connectivity index (χ3n) is 3.47. The van der Waals surface area contributed by atoms with E-state index in [1.807, 2.05) is 0 Å². The van der Waals surface area contributed by atoms with Gasteiger partial charge in [0.05, 0.1) is 0 Å². The molecule has 0 spiro atoms. The van der Waals surface area contributed by atoms with Crippen LogP contribution in [0, 0.1) is 5.92 Å². The molecule has 14 heavy (non-hydrogen) atoms. The monoisotopic (exact) mass is 190 g/mol. The molecule has 2 aliphatic rings. The van der Waals surface area contributed by atoms with Gasteiger partial charge in [-0.25, -0.2) is 0 Å². The third kappa shape index (κ3) is 1.12. The second kappa shape index (κ2) is 2.95. The van der Waals surface area contributed by atoms with Crippen molar-refractivity contribution in [1.29, 1.82) is 0 Å². The molecule has 1 fully saturated rings. The lowest BCUT2D eigenvalue weighted by Crippen LogP contribution is -2.41. The van der Waals surface area contributed by atoms with Gasteiger partial charge in [0.25, 0.3) is 5.56 Å². The van der Waals surface area contributed by atoms with Crippen LogP contribution >= 0.6 is 0 Å². The highest BCUT2D eigenvalue weighted by atomic mass is 16.1. The molecule has 3 nitrogen and oxygen atoms in total. The summed E-state index contributed by atoms with van der Waals surface area (Å²) in [5.74, 6) is 1.24. The molecular weight excluding hydrogens is 176 g/mol. The number of hydrogen-bond acceptors (Lipinski definition) is 2. The van der Waals surface area contributed by atoms with Gasteiger partial charge in [0, 0.05) is 18.3 Å². The summed E-state index contributed by atoms with van der Waals surface area (Å²) in [6, 6.07) is 2.07. The first kappa shape index (κ1) is 8.24. The highest BCUT2D eigenvalue weighted by Crippen LogP contribution is 2.34. The van der Waals surface area contributed by atoms with Crippen LogP contribution in [-0.4, -0.2) is 18.1 Å². The highest BCUT2D eigenvalue weighted by molar-refractivity contribution is 5.31. The molecule has 74 valence electrons. The Morgan fingerprint density at radius 2 is 2.29 bits per heavy atom. The maximum absolute atomic E-state index is 11.6. The van der Waals surface area contributed by atoms with Crippen molar-refractivity contribution < 1.29 is 0 Å². The van der Waals surface area contributed by atoms with Gasteiger partial charge < -0.3 is 10.3 Å². The van der Waals surface area contributed by atoms with Crippen molar-refractivity contribution in [3.8, 4) is 0 Å².